The molecule has 0 radical (unpaired) electrons. The molecular formula is C12H9IN6. The van der Waals surface area contributed by atoms with Crippen LogP contribution in [0, 0.1) is 0 Å². The minimum Gasteiger partial charge on any atom is -0.396 e. The second-order valence-electron chi connectivity index (χ2n) is 3.82. The third-order valence-electron chi connectivity index (χ3n) is 2.59. The maximum atomic E-state index is 5.87. The highest BCUT2D eigenvalue weighted by atomic mass is 127. The summed E-state index contributed by atoms with van der Waals surface area (Å²) in [7, 11) is 0. The number of aromatic nitrogens is 4. The number of imidazole rings is 1. The van der Waals surface area contributed by atoms with Gasteiger partial charge in [-0.1, -0.05) is 0 Å². The molecule has 0 atom stereocenters. The Morgan fingerprint density at radius 3 is 3.00 bits per heavy atom. The second-order valence-corrected chi connectivity index (χ2v) is 4.38. The van der Waals surface area contributed by atoms with Crippen LogP contribution in [0.15, 0.2) is 35.6 Å². The van der Waals surface area contributed by atoms with Gasteiger partial charge in [-0.3, -0.25) is 4.98 Å². The van der Waals surface area contributed by atoms with E-state index in [1.165, 1.54) is 0 Å². The zero-order valence-electron chi connectivity index (χ0n) is 9.71. The van der Waals surface area contributed by atoms with Crippen LogP contribution >= 0.6 is 22.6 Å². The minimum absolute atomic E-state index is 0.489. The summed E-state index contributed by atoms with van der Waals surface area (Å²) in [4.78, 5) is 20.1. The van der Waals surface area contributed by atoms with Crippen LogP contribution in [0.2, 0.25) is 0 Å². The summed E-state index contributed by atoms with van der Waals surface area (Å²) < 4.78 is 1.63. The molecular weight excluding hydrogens is 355 g/mol. The Bertz CT molecular complexity index is 750. The molecule has 7 heteroatoms. The number of anilines is 1. The Hall–Kier alpha value is -2.03. The van der Waals surface area contributed by atoms with E-state index in [2.05, 4.69) is 24.9 Å². The fraction of sp³-hybridized carbons (Fsp3) is 0. The molecule has 0 saturated heterocycles. The van der Waals surface area contributed by atoms with Crippen LogP contribution in [-0.2, 0) is 0 Å². The lowest BCUT2D eigenvalue weighted by molar-refractivity contribution is 1.26. The minimum atomic E-state index is 0.489. The molecule has 3 N–H and O–H groups in total. The van der Waals surface area contributed by atoms with Gasteiger partial charge in [-0.2, -0.15) is 0 Å². The second kappa shape index (κ2) is 4.92. The number of H-pyrrole nitrogens is 1. The Balaban J connectivity index is 2.16. The zero-order valence-corrected chi connectivity index (χ0v) is 11.9. The first-order chi connectivity index (χ1) is 9.28. The molecule has 6 nitrogen and oxygen atoms in total. The van der Waals surface area contributed by atoms with E-state index in [-0.39, 0.29) is 0 Å². The number of hydrogen-bond acceptors (Lipinski definition) is 5. The van der Waals surface area contributed by atoms with Crippen molar-refractivity contribution in [2.75, 3.05) is 5.73 Å². The molecule has 0 bridgehead atoms. The molecule has 94 valence electrons. The summed E-state index contributed by atoms with van der Waals surface area (Å²) in [6.07, 6.45) is 3.46. The molecule has 0 fully saturated rings. The number of fused-ring (bicyclic) bond motifs is 1. The molecule has 0 saturated carbocycles. The predicted molar refractivity (Wildman–Crippen MR) is 83.7 cm³/mol. The lowest BCUT2D eigenvalue weighted by atomic mass is 10.3. The number of rotatable bonds is 2. The smallest absolute Gasteiger partial charge is 0.178 e. The average molecular weight is 364 g/mol. The van der Waals surface area contributed by atoms with Gasteiger partial charge < -0.3 is 10.7 Å². The number of aromatic amines is 1. The fourth-order valence-corrected chi connectivity index (χ4v) is 2.00. The van der Waals surface area contributed by atoms with Crippen LogP contribution in [0.1, 0.15) is 0 Å². The molecule has 0 aromatic carbocycles. The van der Waals surface area contributed by atoms with Crippen LogP contribution in [0.5, 0.6) is 0 Å². The van der Waals surface area contributed by atoms with Gasteiger partial charge in [0.2, 0.25) is 0 Å². The fourth-order valence-electron chi connectivity index (χ4n) is 1.73. The van der Waals surface area contributed by atoms with E-state index >= 15 is 0 Å². The molecule has 3 aromatic heterocycles. The van der Waals surface area contributed by atoms with Crippen molar-refractivity contribution in [2.24, 2.45) is 4.99 Å². The van der Waals surface area contributed by atoms with Gasteiger partial charge in [0.15, 0.2) is 11.5 Å². The van der Waals surface area contributed by atoms with Crippen LogP contribution in [0.3, 0.4) is 0 Å². The summed E-state index contributed by atoms with van der Waals surface area (Å²) in [5.41, 5.74) is 8.65. The highest BCUT2D eigenvalue weighted by Crippen LogP contribution is 2.25. The highest BCUT2D eigenvalue weighted by Gasteiger charge is 2.09. The summed E-state index contributed by atoms with van der Waals surface area (Å²) in [6.45, 7) is 0. The van der Waals surface area contributed by atoms with Crippen molar-refractivity contribution >= 4 is 49.5 Å². The number of nitrogens with one attached hydrogen (secondary N) is 1. The van der Waals surface area contributed by atoms with Crippen molar-refractivity contribution in [3.63, 3.8) is 0 Å². The van der Waals surface area contributed by atoms with Gasteiger partial charge in [0.05, 0.1) is 9.91 Å². The van der Waals surface area contributed by atoms with E-state index in [0.29, 0.717) is 28.5 Å². The normalized spacial score (nSPS) is 11.4. The molecule has 0 spiro atoms. The quantitative estimate of drug-likeness (QED) is 0.540. The van der Waals surface area contributed by atoms with E-state index in [1.54, 1.807) is 22.7 Å². The molecule has 3 rings (SSSR count). The lowest BCUT2D eigenvalue weighted by Gasteiger charge is -1.97. The molecule has 0 aliphatic rings. The number of hydrogen-bond donors (Lipinski definition) is 2. The van der Waals surface area contributed by atoms with Gasteiger partial charge in [-0.15, -0.1) is 0 Å². The van der Waals surface area contributed by atoms with Crippen molar-refractivity contribution in [3.8, 4) is 11.4 Å². The standard InChI is InChI=1S/C12H9IN6/c13-6-16-11-8(14)4-9-12(19-11)18-10(17-9)7-2-1-3-15-5-7/h1-6H,14H2,(H,17,18,19)/b16-6+. The van der Waals surface area contributed by atoms with Crippen molar-refractivity contribution in [3.05, 3.63) is 30.6 Å². The van der Waals surface area contributed by atoms with Gasteiger partial charge in [0.25, 0.3) is 0 Å². The molecule has 0 unspecified atom stereocenters. The third kappa shape index (κ3) is 2.28. The number of halogens is 1. The van der Waals surface area contributed by atoms with Gasteiger partial charge in [-0.25, -0.2) is 15.0 Å². The van der Waals surface area contributed by atoms with Gasteiger partial charge in [0.1, 0.15) is 11.3 Å². The molecule has 0 aliphatic heterocycles. The Morgan fingerprint density at radius 1 is 1.37 bits per heavy atom. The zero-order chi connectivity index (χ0) is 13.2. The number of nitrogens with two attached hydrogens (primary N) is 1. The van der Waals surface area contributed by atoms with Gasteiger partial charge in [-0.05, 0) is 40.8 Å². The summed E-state index contributed by atoms with van der Waals surface area (Å²) in [5, 5.41) is 0. The topological polar surface area (TPSA) is 92.8 Å². The molecule has 3 heterocycles. The molecule has 3 aromatic rings. The van der Waals surface area contributed by atoms with E-state index in [0.717, 1.165) is 5.56 Å². The maximum Gasteiger partial charge on any atom is 0.178 e. The molecule has 19 heavy (non-hydrogen) atoms. The highest BCUT2D eigenvalue weighted by molar-refractivity contribution is 14.1. The molecule has 0 aliphatic carbocycles. The van der Waals surface area contributed by atoms with Crippen molar-refractivity contribution in [1.29, 1.82) is 0 Å². The molecule has 0 amide bonds. The van der Waals surface area contributed by atoms with Crippen LogP contribution in [0.4, 0.5) is 11.5 Å². The van der Waals surface area contributed by atoms with E-state index < -0.39 is 0 Å². The Labute approximate surface area is 122 Å². The summed E-state index contributed by atoms with van der Waals surface area (Å²) in [5.74, 6) is 1.20. The van der Waals surface area contributed by atoms with Gasteiger partial charge in [0, 0.05) is 18.0 Å². The van der Waals surface area contributed by atoms with Crippen molar-refractivity contribution < 1.29 is 0 Å². The van der Waals surface area contributed by atoms with Crippen LogP contribution in [0.25, 0.3) is 22.6 Å². The van der Waals surface area contributed by atoms with Crippen LogP contribution < -0.4 is 5.73 Å². The van der Waals surface area contributed by atoms with Crippen molar-refractivity contribution in [2.45, 2.75) is 0 Å². The predicted octanol–water partition coefficient (Wildman–Crippen LogP) is 2.70. The average Bonchev–Trinajstić information content (AvgIpc) is 2.83. The summed E-state index contributed by atoms with van der Waals surface area (Å²) in [6, 6.07) is 5.55. The lowest BCUT2D eigenvalue weighted by Crippen LogP contribution is -1.89. The van der Waals surface area contributed by atoms with E-state index in [9.17, 15) is 0 Å². The Morgan fingerprint density at radius 2 is 2.26 bits per heavy atom. The number of nitrogens with zero attached hydrogens (tertiary/aromatic N) is 4. The summed E-state index contributed by atoms with van der Waals surface area (Å²) >= 11 is 2.02. The number of pyridine rings is 2. The number of nitrogen functional groups attached to an aromatic ring is 1. The monoisotopic (exact) mass is 364 g/mol. The van der Waals surface area contributed by atoms with Crippen LogP contribution in [-0.4, -0.2) is 24.2 Å². The largest absolute Gasteiger partial charge is 0.396 e. The van der Waals surface area contributed by atoms with E-state index in [1.807, 2.05) is 34.7 Å². The Kier molecular flexibility index (Phi) is 3.11. The third-order valence-corrected chi connectivity index (χ3v) is 2.86. The first-order valence-corrected chi connectivity index (χ1v) is 6.72. The maximum absolute atomic E-state index is 5.87. The van der Waals surface area contributed by atoms with Crippen molar-refractivity contribution in [1.82, 2.24) is 19.9 Å². The van der Waals surface area contributed by atoms with E-state index in [4.69, 9.17) is 5.73 Å². The van der Waals surface area contributed by atoms with Gasteiger partial charge >= 0.3 is 0 Å². The first-order valence-electron chi connectivity index (χ1n) is 5.47. The first kappa shape index (κ1) is 12.0. The number of aliphatic imine (C=N–C) groups is 1. The SMILES string of the molecule is Nc1cc2nc(-c3cccnc3)[nH]c2nc1/N=C/I.